The van der Waals surface area contributed by atoms with Gasteiger partial charge in [0.15, 0.2) is 0 Å². The van der Waals surface area contributed by atoms with E-state index < -0.39 is 0 Å². The number of hydrogen-bond acceptors (Lipinski definition) is 3. The van der Waals surface area contributed by atoms with Crippen LogP contribution in [-0.4, -0.2) is 22.6 Å². The van der Waals surface area contributed by atoms with Gasteiger partial charge in [-0.15, -0.1) is 0 Å². The molecule has 0 aliphatic heterocycles. The molecule has 0 amide bonds. The van der Waals surface area contributed by atoms with Gasteiger partial charge in [-0.2, -0.15) is 0 Å². The number of hydrogen-bond donors (Lipinski definition) is 1. The highest BCUT2D eigenvalue weighted by atomic mass is 32.1. The smallest absolute Gasteiger partial charge is 0.141 e. The zero-order valence-corrected chi connectivity index (χ0v) is 9.71. The number of nitrogens with zero attached hydrogens (tertiary/aromatic N) is 2. The molecule has 2 rings (SSSR count). The van der Waals surface area contributed by atoms with Gasteiger partial charge >= 0.3 is 0 Å². The Kier molecular flexibility index (Phi) is 3.33. The average Bonchev–Trinajstić information content (AvgIpc) is 3.04. The van der Waals surface area contributed by atoms with Crippen LogP contribution in [-0.2, 0) is 0 Å². The van der Waals surface area contributed by atoms with Crippen LogP contribution in [0, 0.1) is 5.82 Å². The van der Waals surface area contributed by atoms with E-state index in [0.717, 1.165) is 25.2 Å². The predicted octanol–water partition coefficient (Wildman–Crippen LogP) is 1.87. The zero-order valence-electron chi connectivity index (χ0n) is 8.90. The van der Waals surface area contributed by atoms with E-state index in [1.165, 1.54) is 12.3 Å². The van der Waals surface area contributed by atoms with Crippen molar-refractivity contribution in [1.29, 1.82) is 0 Å². The summed E-state index contributed by atoms with van der Waals surface area (Å²) in [6, 6.07) is 3.65. The lowest BCUT2D eigenvalue weighted by Gasteiger charge is -2.23. The predicted molar refractivity (Wildman–Crippen MR) is 66.0 cm³/mol. The van der Waals surface area contributed by atoms with Crippen molar-refractivity contribution >= 4 is 23.0 Å². The normalized spacial score (nSPS) is 14.8. The molecule has 1 heterocycles. The third-order valence-corrected chi connectivity index (χ3v) is 2.80. The molecular weight excluding hydrogens is 225 g/mol. The summed E-state index contributed by atoms with van der Waals surface area (Å²) in [5.74, 6) is 0.494. The summed E-state index contributed by atoms with van der Waals surface area (Å²) >= 11 is 4.86. The van der Waals surface area contributed by atoms with Crippen LogP contribution in [0.3, 0.4) is 0 Å². The Hall–Kier alpha value is -1.23. The fourth-order valence-electron chi connectivity index (χ4n) is 1.64. The Balaban J connectivity index is 2.06. The van der Waals surface area contributed by atoms with Gasteiger partial charge in [0.2, 0.25) is 0 Å². The molecule has 0 atom stereocenters. The fourth-order valence-corrected chi connectivity index (χ4v) is 1.73. The Morgan fingerprint density at radius 1 is 1.56 bits per heavy atom. The molecule has 1 fully saturated rings. The molecular formula is C11H14FN3S. The van der Waals surface area contributed by atoms with Crippen LogP contribution in [0.5, 0.6) is 0 Å². The summed E-state index contributed by atoms with van der Waals surface area (Å²) in [4.78, 5) is 6.74. The topological polar surface area (TPSA) is 42.1 Å². The molecule has 1 aliphatic rings. The second-order valence-corrected chi connectivity index (χ2v) is 4.50. The van der Waals surface area contributed by atoms with Crippen molar-refractivity contribution in [3.63, 3.8) is 0 Å². The highest BCUT2D eigenvalue weighted by molar-refractivity contribution is 7.80. The largest absolute Gasteiger partial charge is 0.393 e. The first-order valence-electron chi connectivity index (χ1n) is 5.33. The lowest BCUT2D eigenvalue weighted by atomic mass is 10.3. The lowest BCUT2D eigenvalue weighted by Crippen LogP contribution is -2.30. The average molecular weight is 239 g/mol. The Morgan fingerprint density at radius 2 is 2.31 bits per heavy atom. The van der Waals surface area contributed by atoms with E-state index in [9.17, 15) is 4.39 Å². The summed E-state index contributed by atoms with van der Waals surface area (Å²) in [6.07, 6.45) is 4.24. The molecule has 0 radical (unpaired) electrons. The minimum absolute atomic E-state index is 0.311. The number of nitrogens with two attached hydrogens (primary N) is 1. The van der Waals surface area contributed by atoms with Gasteiger partial charge in [0.05, 0.1) is 11.2 Å². The summed E-state index contributed by atoms with van der Waals surface area (Å²) in [7, 11) is 0. The van der Waals surface area contributed by atoms with E-state index >= 15 is 0 Å². The maximum absolute atomic E-state index is 12.8. The van der Waals surface area contributed by atoms with Crippen molar-refractivity contribution in [2.45, 2.75) is 25.3 Å². The molecule has 16 heavy (non-hydrogen) atoms. The molecule has 0 spiro atoms. The maximum Gasteiger partial charge on any atom is 0.141 e. The van der Waals surface area contributed by atoms with Crippen LogP contribution in [0.4, 0.5) is 10.2 Å². The highest BCUT2D eigenvalue weighted by Gasteiger charge is 2.29. The Labute approximate surface area is 99.5 Å². The molecule has 1 aromatic heterocycles. The molecule has 0 bridgehead atoms. The van der Waals surface area contributed by atoms with E-state index in [1.807, 2.05) is 0 Å². The van der Waals surface area contributed by atoms with Crippen LogP contribution in [0.25, 0.3) is 0 Å². The first-order valence-corrected chi connectivity index (χ1v) is 5.74. The summed E-state index contributed by atoms with van der Waals surface area (Å²) in [6.45, 7) is 0.763. The van der Waals surface area contributed by atoms with Gasteiger partial charge in [-0.1, -0.05) is 12.2 Å². The van der Waals surface area contributed by atoms with Gasteiger partial charge < -0.3 is 10.6 Å². The quantitative estimate of drug-likeness (QED) is 0.796. The van der Waals surface area contributed by atoms with Crippen LogP contribution >= 0.6 is 12.2 Å². The standard InChI is InChI=1S/C11H14FN3S/c12-8-1-4-11(14-7-8)15(9-2-3-9)6-5-10(13)16/h1,4,7,9H,2-3,5-6H2,(H2,13,16). The van der Waals surface area contributed by atoms with E-state index in [2.05, 4.69) is 9.88 Å². The number of halogens is 1. The molecule has 1 aromatic rings. The number of pyridine rings is 1. The highest BCUT2D eigenvalue weighted by Crippen LogP contribution is 2.30. The molecule has 3 nitrogen and oxygen atoms in total. The second-order valence-electron chi connectivity index (χ2n) is 3.98. The molecule has 0 unspecified atom stereocenters. The van der Waals surface area contributed by atoms with Crippen molar-refractivity contribution in [2.75, 3.05) is 11.4 Å². The van der Waals surface area contributed by atoms with E-state index in [4.69, 9.17) is 18.0 Å². The minimum atomic E-state index is -0.311. The summed E-state index contributed by atoms with van der Waals surface area (Å²) < 4.78 is 12.8. The molecule has 0 saturated heterocycles. The fraction of sp³-hybridized carbons (Fsp3) is 0.455. The van der Waals surface area contributed by atoms with Gasteiger partial charge in [-0.3, -0.25) is 0 Å². The van der Waals surface area contributed by atoms with E-state index in [0.29, 0.717) is 17.5 Å². The number of anilines is 1. The van der Waals surface area contributed by atoms with Crippen molar-refractivity contribution in [3.05, 3.63) is 24.1 Å². The van der Waals surface area contributed by atoms with Crippen LogP contribution < -0.4 is 10.6 Å². The molecule has 0 aromatic carbocycles. The number of rotatable bonds is 5. The van der Waals surface area contributed by atoms with Crippen molar-refractivity contribution in [3.8, 4) is 0 Å². The molecule has 5 heteroatoms. The molecule has 2 N–H and O–H groups in total. The Bertz CT molecular complexity index is 375. The monoisotopic (exact) mass is 239 g/mol. The second kappa shape index (κ2) is 4.74. The van der Waals surface area contributed by atoms with Gasteiger partial charge in [0.1, 0.15) is 11.6 Å². The van der Waals surface area contributed by atoms with Crippen molar-refractivity contribution in [1.82, 2.24) is 4.98 Å². The SMILES string of the molecule is NC(=S)CCN(c1ccc(F)cn1)C1CC1. The molecule has 86 valence electrons. The summed E-state index contributed by atoms with van der Waals surface area (Å²) in [5, 5.41) is 0. The maximum atomic E-state index is 12.8. The van der Waals surface area contributed by atoms with Crippen LogP contribution in [0.1, 0.15) is 19.3 Å². The molecule has 1 aliphatic carbocycles. The lowest BCUT2D eigenvalue weighted by molar-refractivity contribution is 0.620. The van der Waals surface area contributed by atoms with Crippen molar-refractivity contribution in [2.24, 2.45) is 5.73 Å². The van der Waals surface area contributed by atoms with Crippen molar-refractivity contribution < 1.29 is 4.39 Å². The third kappa shape index (κ3) is 2.88. The summed E-state index contributed by atoms with van der Waals surface area (Å²) in [5.41, 5.74) is 5.49. The number of aromatic nitrogens is 1. The van der Waals surface area contributed by atoms with Gasteiger partial charge in [0.25, 0.3) is 0 Å². The van der Waals surface area contributed by atoms with Gasteiger partial charge in [0, 0.05) is 19.0 Å². The third-order valence-electron chi connectivity index (χ3n) is 2.59. The zero-order chi connectivity index (χ0) is 11.5. The minimum Gasteiger partial charge on any atom is -0.393 e. The number of thiocarbonyl (C=S) groups is 1. The van der Waals surface area contributed by atoms with Crippen LogP contribution in [0.2, 0.25) is 0 Å². The molecule has 1 saturated carbocycles. The van der Waals surface area contributed by atoms with E-state index in [-0.39, 0.29) is 5.82 Å². The van der Waals surface area contributed by atoms with Gasteiger partial charge in [-0.05, 0) is 25.0 Å². The van der Waals surface area contributed by atoms with Gasteiger partial charge in [-0.25, -0.2) is 9.37 Å². The first kappa shape index (κ1) is 11.3. The van der Waals surface area contributed by atoms with E-state index in [1.54, 1.807) is 6.07 Å². The van der Waals surface area contributed by atoms with Crippen LogP contribution in [0.15, 0.2) is 18.3 Å². The first-order chi connectivity index (χ1) is 7.66. The Morgan fingerprint density at radius 3 is 2.81 bits per heavy atom.